The smallest absolute Gasteiger partial charge is 0.272 e. The summed E-state index contributed by atoms with van der Waals surface area (Å²) in [5.74, 6) is 0.885. The number of hydrogen-bond acceptors (Lipinski definition) is 5. The van der Waals surface area contributed by atoms with Crippen LogP contribution in [0.15, 0.2) is 67.0 Å². The molecule has 142 valence electrons. The number of nitrogens with zero attached hydrogens (tertiary/aromatic N) is 4. The molecule has 1 saturated heterocycles. The van der Waals surface area contributed by atoms with Crippen LogP contribution in [-0.4, -0.2) is 47.0 Å². The summed E-state index contributed by atoms with van der Waals surface area (Å²) < 4.78 is 0. The SMILES string of the molecule is O=C(c1cc(Nc2cccc(Cl)c2)ccn1)N1CCN(c2ccccn2)CC1. The van der Waals surface area contributed by atoms with Crippen LogP contribution in [0.4, 0.5) is 17.2 Å². The molecule has 0 saturated carbocycles. The quantitative estimate of drug-likeness (QED) is 0.729. The van der Waals surface area contributed by atoms with Gasteiger partial charge in [0.2, 0.25) is 0 Å². The molecule has 6 nitrogen and oxygen atoms in total. The predicted molar refractivity (Wildman–Crippen MR) is 111 cm³/mol. The van der Waals surface area contributed by atoms with E-state index in [1.54, 1.807) is 18.5 Å². The summed E-state index contributed by atoms with van der Waals surface area (Å²) in [5.41, 5.74) is 2.09. The molecule has 3 heterocycles. The van der Waals surface area contributed by atoms with E-state index in [0.29, 0.717) is 23.8 Å². The summed E-state index contributed by atoms with van der Waals surface area (Å²) in [6, 6.07) is 16.9. The number of benzene rings is 1. The second kappa shape index (κ2) is 8.27. The van der Waals surface area contributed by atoms with Gasteiger partial charge in [0.1, 0.15) is 11.5 Å². The van der Waals surface area contributed by atoms with Crippen molar-refractivity contribution in [1.29, 1.82) is 0 Å². The minimum absolute atomic E-state index is 0.0598. The van der Waals surface area contributed by atoms with Gasteiger partial charge in [0.25, 0.3) is 5.91 Å². The van der Waals surface area contributed by atoms with Gasteiger partial charge in [-0.05, 0) is 42.5 Å². The van der Waals surface area contributed by atoms with Gasteiger partial charge in [0.05, 0.1) is 0 Å². The Labute approximate surface area is 168 Å². The standard InChI is InChI=1S/C21H20ClN5O/c22-16-4-3-5-17(14-16)25-18-7-9-23-19(15-18)21(28)27-12-10-26(11-13-27)20-6-1-2-8-24-20/h1-9,14-15H,10-13H2,(H,23,25). The van der Waals surface area contributed by atoms with Crippen LogP contribution in [0, 0.1) is 0 Å². The Balaban J connectivity index is 1.41. The summed E-state index contributed by atoms with van der Waals surface area (Å²) in [7, 11) is 0. The third-order valence-electron chi connectivity index (χ3n) is 4.63. The van der Waals surface area contributed by atoms with E-state index >= 15 is 0 Å². The summed E-state index contributed by atoms with van der Waals surface area (Å²) in [6.45, 7) is 2.79. The maximum atomic E-state index is 12.9. The fourth-order valence-corrected chi connectivity index (χ4v) is 3.39. The number of amides is 1. The Hall–Kier alpha value is -3.12. The number of nitrogens with one attached hydrogen (secondary N) is 1. The first-order chi connectivity index (χ1) is 13.7. The lowest BCUT2D eigenvalue weighted by molar-refractivity contribution is 0.0740. The number of piperazine rings is 1. The van der Waals surface area contributed by atoms with Crippen LogP contribution in [-0.2, 0) is 0 Å². The molecular weight excluding hydrogens is 374 g/mol. The molecule has 0 radical (unpaired) electrons. The molecule has 1 aliphatic heterocycles. The van der Waals surface area contributed by atoms with E-state index in [4.69, 9.17) is 11.6 Å². The topological polar surface area (TPSA) is 61.4 Å². The highest BCUT2D eigenvalue weighted by atomic mass is 35.5. The summed E-state index contributed by atoms with van der Waals surface area (Å²) in [5, 5.41) is 3.91. The van der Waals surface area contributed by atoms with E-state index in [2.05, 4.69) is 20.2 Å². The van der Waals surface area contributed by atoms with Gasteiger partial charge in [-0.3, -0.25) is 9.78 Å². The van der Waals surface area contributed by atoms with Gasteiger partial charge in [-0.1, -0.05) is 23.7 Å². The molecule has 0 aliphatic carbocycles. The molecule has 28 heavy (non-hydrogen) atoms. The molecule has 2 aromatic heterocycles. The number of rotatable bonds is 4. The van der Waals surface area contributed by atoms with Crippen LogP contribution in [0.25, 0.3) is 0 Å². The van der Waals surface area contributed by atoms with E-state index in [0.717, 1.165) is 30.3 Å². The first-order valence-electron chi connectivity index (χ1n) is 9.13. The number of aromatic nitrogens is 2. The largest absolute Gasteiger partial charge is 0.355 e. The van der Waals surface area contributed by atoms with Crippen molar-refractivity contribution in [3.05, 3.63) is 77.7 Å². The number of carbonyl (C=O) groups excluding carboxylic acids is 1. The molecule has 1 aliphatic rings. The Bertz CT molecular complexity index is 958. The second-order valence-corrected chi connectivity index (χ2v) is 6.97. The zero-order chi connectivity index (χ0) is 19.3. The molecule has 1 N–H and O–H groups in total. The Morgan fingerprint density at radius 1 is 0.893 bits per heavy atom. The average Bonchev–Trinajstić information content (AvgIpc) is 2.74. The molecule has 0 atom stereocenters. The highest BCUT2D eigenvalue weighted by molar-refractivity contribution is 6.30. The van der Waals surface area contributed by atoms with Crippen LogP contribution < -0.4 is 10.2 Å². The van der Waals surface area contributed by atoms with Gasteiger partial charge >= 0.3 is 0 Å². The maximum absolute atomic E-state index is 12.9. The highest BCUT2D eigenvalue weighted by Gasteiger charge is 2.23. The van der Waals surface area contributed by atoms with Crippen molar-refractivity contribution in [1.82, 2.24) is 14.9 Å². The van der Waals surface area contributed by atoms with Crippen LogP contribution in [0.1, 0.15) is 10.5 Å². The van der Waals surface area contributed by atoms with Crippen molar-refractivity contribution in [2.75, 3.05) is 36.4 Å². The lowest BCUT2D eigenvalue weighted by atomic mass is 10.2. The normalized spacial score (nSPS) is 14.0. The fraction of sp³-hybridized carbons (Fsp3) is 0.190. The molecular formula is C21H20ClN5O. The molecule has 1 aromatic carbocycles. The minimum Gasteiger partial charge on any atom is -0.355 e. The lowest BCUT2D eigenvalue weighted by Crippen LogP contribution is -2.49. The number of pyridine rings is 2. The van der Waals surface area contributed by atoms with Crippen molar-refractivity contribution in [3.8, 4) is 0 Å². The van der Waals surface area contributed by atoms with Gasteiger partial charge < -0.3 is 15.1 Å². The van der Waals surface area contributed by atoms with E-state index in [-0.39, 0.29) is 5.91 Å². The van der Waals surface area contributed by atoms with Crippen LogP contribution in [0.3, 0.4) is 0 Å². The summed E-state index contributed by atoms with van der Waals surface area (Å²) in [4.78, 5) is 25.6. The van der Waals surface area contributed by atoms with E-state index in [9.17, 15) is 4.79 Å². The molecule has 1 amide bonds. The van der Waals surface area contributed by atoms with Crippen molar-refractivity contribution >= 4 is 34.7 Å². The second-order valence-electron chi connectivity index (χ2n) is 6.53. The molecule has 7 heteroatoms. The molecule has 1 fully saturated rings. The predicted octanol–water partition coefficient (Wildman–Crippen LogP) is 3.84. The van der Waals surface area contributed by atoms with Crippen LogP contribution >= 0.6 is 11.6 Å². The zero-order valence-electron chi connectivity index (χ0n) is 15.3. The van der Waals surface area contributed by atoms with Crippen molar-refractivity contribution < 1.29 is 4.79 Å². The third kappa shape index (κ3) is 4.23. The first kappa shape index (κ1) is 18.3. The van der Waals surface area contributed by atoms with Gasteiger partial charge in [0.15, 0.2) is 0 Å². The van der Waals surface area contributed by atoms with E-state index in [1.165, 1.54) is 0 Å². The lowest BCUT2D eigenvalue weighted by Gasteiger charge is -2.35. The monoisotopic (exact) mass is 393 g/mol. The van der Waals surface area contributed by atoms with Gasteiger partial charge in [-0.2, -0.15) is 0 Å². The maximum Gasteiger partial charge on any atom is 0.272 e. The van der Waals surface area contributed by atoms with Crippen LogP contribution in [0.2, 0.25) is 5.02 Å². The Kier molecular flexibility index (Phi) is 5.39. The number of hydrogen-bond donors (Lipinski definition) is 1. The van der Waals surface area contributed by atoms with Gasteiger partial charge in [0, 0.05) is 55.0 Å². The zero-order valence-corrected chi connectivity index (χ0v) is 16.0. The van der Waals surface area contributed by atoms with Crippen molar-refractivity contribution in [3.63, 3.8) is 0 Å². The number of carbonyl (C=O) groups is 1. The van der Waals surface area contributed by atoms with E-state index < -0.39 is 0 Å². The summed E-state index contributed by atoms with van der Waals surface area (Å²) >= 11 is 6.03. The third-order valence-corrected chi connectivity index (χ3v) is 4.87. The molecule has 4 rings (SSSR count). The first-order valence-corrected chi connectivity index (χ1v) is 9.51. The molecule has 0 spiro atoms. The average molecular weight is 394 g/mol. The fourth-order valence-electron chi connectivity index (χ4n) is 3.20. The Morgan fingerprint density at radius 3 is 2.46 bits per heavy atom. The number of halogens is 1. The van der Waals surface area contributed by atoms with Crippen molar-refractivity contribution in [2.45, 2.75) is 0 Å². The molecule has 3 aromatic rings. The van der Waals surface area contributed by atoms with Crippen LogP contribution in [0.5, 0.6) is 0 Å². The van der Waals surface area contributed by atoms with Gasteiger partial charge in [-0.15, -0.1) is 0 Å². The van der Waals surface area contributed by atoms with Gasteiger partial charge in [-0.25, -0.2) is 4.98 Å². The minimum atomic E-state index is -0.0598. The molecule has 0 unspecified atom stereocenters. The Morgan fingerprint density at radius 2 is 1.71 bits per heavy atom. The van der Waals surface area contributed by atoms with Crippen molar-refractivity contribution in [2.24, 2.45) is 0 Å². The number of anilines is 3. The summed E-state index contributed by atoms with van der Waals surface area (Å²) in [6.07, 6.45) is 3.43. The van der Waals surface area contributed by atoms with E-state index in [1.807, 2.05) is 53.4 Å². The molecule has 0 bridgehead atoms. The highest BCUT2D eigenvalue weighted by Crippen LogP contribution is 2.21.